The largest absolute Gasteiger partial charge is 0.444 e. The minimum absolute atomic E-state index is 0.186. The molecule has 0 aliphatic carbocycles. The highest BCUT2D eigenvalue weighted by atomic mass is 79.9. The number of carbonyl (C=O) groups is 1. The van der Waals surface area contributed by atoms with Crippen molar-refractivity contribution in [1.29, 1.82) is 0 Å². The molecule has 0 atom stereocenters. The molecule has 2 rings (SSSR count). The molecule has 1 heterocycles. The molecule has 1 N–H and O–H groups in total. The fraction of sp³-hybridized carbons (Fsp3) is 0.214. The van der Waals surface area contributed by atoms with E-state index in [9.17, 15) is 4.79 Å². The predicted octanol–water partition coefficient (Wildman–Crippen LogP) is 3.32. The van der Waals surface area contributed by atoms with Crippen LogP contribution in [-0.2, 0) is 6.42 Å². The summed E-state index contributed by atoms with van der Waals surface area (Å²) < 4.78 is 5.74. The van der Waals surface area contributed by atoms with Gasteiger partial charge in [-0.1, -0.05) is 24.3 Å². The number of amides is 1. The molecule has 0 fully saturated rings. The molecule has 0 spiro atoms. The number of benzene rings is 1. The lowest BCUT2D eigenvalue weighted by atomic mass is 10.1. The number of hydrogen-bond donors (Lipinski definition) is 1. The van der Waals surface area contributed by atoms with Gasteiger partial charge in [0.1, 0.15) is 0 Å². The van der Waals surface area contributed by atoms with Crippen LogP contribution in [0.3, 0.4) is 0 Å². The maximum Gasteiger partial charge on any atom is 0.287 e. The van der Waals surface area contributed by atoms with Crippen molar-refractivity contribution in [3.8, 4) is 0 Å². The van der Waals surface area contributed by atoms with Gasteiger partial charge in [0.25, 0.3) is 5.91 Å². The Hall–Kier alpha value is -1.55. The lowest BCUT2D eigenvalue weighted by molar-refractivity contribution is 0.0925. The monoisotopic (exact) mass is 307 g/mol. The number of halogens is 1. The van der Waals surface area contributed by atoms with Crippen LogP contribution in [0.15, 0.2) is 45.5 Å². The zero-order chi connectivity index (χ0) is 13.0. The van der Waals surface area contributed by atoms with Crippen LogP contribution in [-0.4, -0.2) is 12.5 Å². The van der Waals surface area contributed by atoms with Crippen molar-refractivity contribution in [2.75, 3.05) is 6.54 Å². The summed E-state index contributed by atoms with van der Waals surface area (Å²) in [6.45, 7) is 2.67. The first-order valence-electron chi connectivity index (χ1n) is 5.75. The van der Waals surface area contributed by atoms with Gasteiger partial charge in [-0.2, -0.15) is 0 Å². The Morgan fingerprint density at radius 3 is 2.72 bits per heavy atom. The fourth-order valence-electron chi connectivity index (χ4n) is 1.72. The molecular formula is C14H14BrNO2. The molecule has 2 aromatic rings. The highest BCUT2D eigenvalue weighted by Crippen LogP contribution is 2.13. The molecule has 0 bridgehead atoms. The van der Waals surface area contributed by atoms with Gasteiger partial charge in [-0.15, -0.1) is 0 Å². The van der Waals surface area contributed by atoms with Gasteiger partial charge < -0.3 is 9.73 Å². The van der Waals surface area contributed by atoms with E-state index in [1.807, 2.05) is 12.1 Å². The van der Waals surface area contributed by atoms with E-state index >= 15 is 0 Å². The molecule has 4 heteroatoms. The minimum Gasteiger partial charge on any atom is -0.444 e. The van der Waals surface area contributed by atoms with E-state index in [4.69, 9.17) is 4.42 Å². The maximum atomic E-state index is 11.7. The molecule has 1 aromatic carbocycles. The van der Waals surface area contributed by atoms with E-state index < -0.39 is 0 Å². The molecule has 3 nitrogen and oxygen atoms in total. The average Bonchev–Trinajstić information content (AvgIpc) is 2.78. The highest BCUT2D eigenvalue weighted by Gasteiger charge is 2.09. The summed E-state index contributed by atoms with van der Waals surface area (Å²) in [6, 6.07) is 11.5. The van der Waals surface area contributed by atoms with Gasteiger partial charge in [-0.05, 0) is 52.5 Å². The first-order chi connectivity index (χ1) is 8.66. The summed E-state index contributed by atoms with van der Waals surface area (Å²) in [5, 5.41) is 2.83. The number of rotatable bonds is 4. The van der Waals surface area contributed by atoms with Crippen LogP contribution in [0.5, 0.6) is 0 Å². The van der Waals surface area contributed by atoms with Crippen LogP contribution < -0.4 is 5.32 Å². The zero-order valence-electron chi connectivity index (χ0n) is 10.1. The summed E-state index contributed by atoms with van der Waals surface area (Å²) in [6.07, 6.45) is 0.820. The normalized spacial score (nSPS) is 10.3. The summed E-state index contributed by atoms with van der Waals surface area (Å²) in [7, 11) is 0. The Morgan fingerprint density at radius 1 is 1.28 bits per heavy atom. The van der Waals surface area contributed by atoms with Gasteiger partial charge in [-0.25, -0.2) is 0 Å². The van der Waals surface area contributed by atoms with E-state index in [2.05, 4.69) is 40.3 Å². The van der Waals surface area contributed by atoms with Crippen molar-refractivity contribution in [3.05, 3.63) is 58.0 Å². The SMILES string of the molecule is Cc1ccccc1CCNC(=O)c1ccc(Br)o1. The van der Waals surface area contributed by atoms with Crippen LogP contribution in [0.2, 0.25) is 0 Å². The Morgan fingerprint density at radius 2 is 2.06 bits per heavy atom. The quantitative estimate of drug-likeness (QED) is 0.941. The number of carbonyl (C=O) groups excluding carboxylic acids is 1. The second-order valence-corrected chi connectivity index (χ2v) is 4.82. The molecule has 1 amide bonds. The van der Waals surface area contributed by atoms with Crippen molar-refractivity contribution in [2.45, 2.75) is 13.3 Å². The molecule has 94 valence electrons. The molecule has 0 aliphatic rings. The molecule has 18 heavy (non-hydrogen) atoms. The van der Waals surface area contributed by atoms with Gasteiger partial charge >= 0.3 is 0 Å². The fourth-order valence-corrected chi connectivity index (χ4v) is 2.03. The Balaban J connectivity index is 1.86. The third kappa shape index (κ3) is 3.23. The van der Waals surface area contributed by atoms with Gasteiger partial charge in [0.15, 0.2) is 10.4 Å². The summed E-state index contributed by atoms with van der Waals surface area (Å²) in [4.78, 5) is 11.7. The summed E-state index contributed by atoms with van der Waals surface area (Å²) in [5.41, 5.74) is 2.49. The molecule has 0 unspecified atom stereocenters. The van der Waals surface area contributed by atoms with Crippen molar-refractivity contribution >= 4 is 21.8 Å². The van der Waals surface area contributed by atoms with Crippen molar-refractivity contribution in [3.63, 3.8) is 0 Å². The second kappa shape index (κ2) is 5.87. The summed E-state index contributed by atoms with van der Waals surface area (Å²) >= 11 is 3.17. The van der Waals surface area contributed by atoms with Gasteiger partial charge in [-0.3, -0.25) is 4.79 Å². The highest BCUT2D eigenvalue weighted by molar-refractivity contribution is 9.10. The van der Waals surface area contributed by atoms with Crippen molar-refractivity contribution in [2.24, 2.45) is 0 Å². The van der Waals surface area contributed by atoms with E-state index in [1.54, 1.807) is 12.1 Å². The summed E-state index contributed by atoms with van der Waals surface area (Å²) in [5.74, 6) is 0.140. The third-order valence-corrected chi connectivity index (χ3v) is 3.16. The van der Waals surface area contributed by atoms with Crippen LogP contribution in [0, 0.1) is 6.92 Å². The molecule has 0 aliphatic heterocycles. The Kier molecular flexibility index (Phi) is 4.20. The zero-order valence-corrected chi connectivity index (χ0v) is 11.7. The van der Waals surface area contributed by atoms with E-state index in [0.717, 1.165) is 6.42 Å². The topological polar surface area (TPSA) is 42.2 Å². The Labute approximate surface area is 114 Å². The van der Waals surface area contributed by atoms with Crippen LogP contribution in [0.1, 0.15) is 21.7 Å². The second-order valence-electron chi connectivity index (χ2n) is 4.04. The number of furan rings is 1. The maximum absolute atomic E-state index is 11.7. The average molecular weight is 308 g/mol. The lowest BCUT2D eigenvalue weighted by Crippen LogP contribution is -2.25. The first kappa shape index (κ1) is 12.9. The molecule has 0 saturated carbocycles. The predicted molar refractivity (Wildman–Crippen MR) is 73.6 cm³/mol. The van der Waals surface area contributed by atoms with E-state index in [-0.39, 0.29) is 5.91 Å². The van der Waals surface area contributed by atoms with E-state index in [1.165, 1.54) is 11.1 Å². The smallest absolute Gasteiger partial charge is 0.287 e. The van der Waals surface area contributed by atoms with Crippen molar-refractivity contribution < 1.29 is 9.21 Å². The Bertz CT molecular complexity index is 548. The van der Waals surface area contributed by atoms with Gasteiger partial charge in [0.2, 0.25) is 0 Å². The molecular weight excluding hydrogens is 294 g/mol. The standard InChI is InChI=1S/C14H14BrNO2/c1-10-4-2-3-5-11(10)8-9-16-14(17)12-6-7-13(15)18-12/h2-7H,8-9H2,1H3,(H,16,17). The molecule has 0 saturated heterocycles. The van der Waals surface area contributed by atoms with Gasteiger partial charge in [0, 0.05) is 6.54 Å². The van der Waals surface area contributed by atoms with Crippen LogP contribution in [0.25, 0.3) is 0 Å². The lowest BCUT2D eigenvalue weighted by Gasteiger charge is -2.06. The van der Waals surface area contributed by atoms with E-state index in [0.29, 0.717) is 17.0 Å². The third-order valence-electron chi connectivity index (χ3n) is 2.74. The molecule has 1 aromatic heterocycles. The van der Waals surface area contributed by atoms with Crippen LogP contribution >= 0.6 is 15.9 Å². The first-order valence-corrected chi connectivity index (χ1v) is 6.54. The number of hydrogen-bond acceptors (Lipinski definition) is 2. The van der Waals surface area contributed by atoms with Crippen molar-refractivity contribution in [1.82, 2.24) is 5.32 Å². The number of nitrogens with one attached hydrogen (secondary N) is 1. The number of aryl methyl sites for hydroxylation is 1. The van der Waals surface area contributed by atoms with Crippen LogP contribution in [0.4, 0.5) is 0 Å². The molecule has 0 radical (unpaired) electrons. The minimum atomic E-state index is -0.186. The van der Waals surface area contributed by atoms with Gasteiger partial charge in [0.05, 0.1) is 0 Å².